The molecule has 2 aromatic carbocycles. The molecule has 0 saturated carbocycles. The summed E-state index contributed by atoms with van der Waals surface area (Å²) in [6.07, 6.45) is 2.81. The standard InChI is InChI=1S/C20H16ClN3O2S/c1-2-11-26-16-9-3-13(4-10-16)12-17-19(25)24-20(27-17)22-18(23-24)14-5-7-15(21)8-6-14/h3-10,12H,2,11H2,1H3. The molecule has 0 amide bonds. The fourth-order valence-corrected chi connectivity index (χ4v) is 3.62. The Bertz CT molecular complexity index is 1180. The third-order valence-electron chi connectivity index (χ3n) is 3.93. The molecule has 0 fully saturated rings. The Hall–Kier alpha value is -2.70. The molecule has 0 aliphatic carbocycles. The lowest BCUT2D eigenvalue weighted by molar-refractivity contribution is 0.317. The maximum atomic E-state index is 12.6. The third-order valence-corrected chi connectivity index (χ3v) is 5.15. The van der Waals surface area contributed by atoms with Gasteiger partial charge in [0.05, 0.1) is 11.1 Å². The molecule has 2 heterocycles. The van der Waals surface area contributed by atoms with Gasteiger partial charge in [-0.25, -0.2) is 0 Å². The van der Waals surface area contributed by atoms with Crippen LogP contribution < -0.4 is 14.8 Å². The highest BCUT2D eigenvalue weighted by Gasteiger charge is 2.11. The number of rotatable bonds is 5. The van der Waals surface area contributed by atoms with E-state index >= 15 is 0 Å². The van der Waals surface area contributed by atoms with E-state index in [-0.39, 0.29) is 5.56 Å². The van der Waals surface area contributed by atoms with Gasteiger partial charge >= 0.3 is 0 Å². The van der Waals surface area contributed by atoms with Crippen molar-refractivity contribution in [1.29, 1.82) is 0 Å². The molecule has 5 nitrogen and oxygen atoms in total. The maximum absolute atomic E-state index is 12.6. The van der Waals surface area contributed by atoms with E-state index in [2.05, 4.69) is 17.0 Å². The monoisotopic (exact) mass is 397 g/mol. The lowest BCUT2D eigenvalue weighted by Crippen LogP contribution is -2.23. The second-order valence-electron chi connectivity index (χ2n) is 5.97. The number of benzene rings is 2. The van der Waals surface area contributed by atoms with E-state index in [1.807, 2.05) is 42.5 Å². The van der Waals surface area contributed by atoms with Crippen LogP contribution in [0.2, 0.25) is 5.02 Å². The second kappa shape index (κ2) is 7.50. The lowest BCUT2D eigenvalue weighted by atomic mass is 10.2. The number of fused-ring (bicyclic) bond motifs is 1. The number of thiazole rings is 1. The first-order valence-electron chi connectivity index (χ1n) is 8.54. The number of nitrogens with zero attached hydrogens (tertiary/aromatic N) is 3. The summed E-state index contributed by atoms with van der Waals surface area (Å²) >= 11 is 7.23. The van der Waals surface area contributed by atoms with Crippen molar-refractivity contribution in [1.82, 2.24) is 14.6 Å². The molecule has 0 aliphatic rings. The van der Waals surface area contributed by atoms with Gasteiger partial charge in [-0.3, -0.25) is 4.79 Å². The minimum Gasteiger partial charge on any atom is -0.494 e. The van der Waals surface area contributed by atoms with Crippen LogP contribution in [-0.2, 0) is 0 Å². The van der Waals surface area contributed by atoms with Gasteiger partial charge in [0.25, 0.3) is 5.56 Å². The third kappa shape index (κ3) is 3.72. The van der Waals surface area contributed by atoms with E-state index < -0.39 is 0 Å². The SMILES string of the molecule is CCCOc1ccc(C=c2sc3nc(-c4ccc(Cl)cc4)nn3c2=O)cc1. The van der Waals surface area contributed by atoms with Gasteiger partial charge in [-0.05, 0) is 54.5 Å². The smallest absolute Gasteiger partial charge is 0.291 e. The molecule has 136 valence electrons. The zero-order valence-electron chi connectivity index (χ0n) is 14.6. The Labute approximate surface area is 164 Å². The summed E-state index contributed by atoms with van der Waals surface area (Å²) in [6, 6.07) is 14.9. The first kappa shape index (κ1) is 17.7. The average Bonchev–Trinajstić information content (AvgIpc) is 3.22. The van der Waals surface area contributed by atoms with Crippen LogP contribution >= 0.6 is 22.9 Å². The molecule has 0 saturated heterocycles. The van der Waals surface area contributed by atoms with Crippen molar-refractivity contribution in [2.24, 2.45) is 0 Å². The topological polar surface area (TPSA) is 56.5 Å². The van der Waals surface area contributed by atoms with Gasteiger partial charge in [-0.2, -0.15) is 9.50 Å². The number of aromatic nitrogens is 3. The van der Waals surface area contributed by atoms with Crippen molar-refractivity contribution in [2.75, 3.05) is 6.61 Å². The summed E-state index contributed by atoms with van der Waals surface area (Å²) in [5.74, 6) is 1.34. The number of hydrogen-bond donors (Lipinski definition) is 0. The summed E-state index contributed by atoms with van der Waals surface area (Å²) in [4.78, 5) is 17.7. The molecule has 0 bridgehead atoms. The summed E-state index contributed by atoms with van der Waals surface area (Å²) in [5, 5.41) is 4.99. The molecule has 0 atom stereocenters. The fourth-order valence-electron chi connectivity index (χ4n) is 2.59. The van der Waals surface area contributed by atoms with Crippen LogP contribution in [0.1, 0.15) is 18.9 Å². The van der Waals surface area contributed by atoms with Crippen LogP contribution in [0.3, 0.4) is 0 Å². The predicted octanol–water partition coefficient (Wildman–Crippen LogP) is 3.81. The highest BCUT2D eigenvalue weighted by Crippen LogP contribution is 2.19. The zero-order valence-corrected chi connectivity index (χ0v) is 16.1. The summed E-state index contributed by atoms with van der Waals surface area (Å²) in [7, 11) is 0. The Morgan fingerprint density at radius 3 is 2.56 bits per heavy atom. The Kier molecular flexibility index (Phi) is 4.92. The molecule has 7 heteroatoms. The van der Waals surface area contributed by atoms with Gasteiger partial charge in [-0.1, -0.05) is 42.0 Å². The molecule has 2 aromatic heterocycles. The quantitative estimate of drug-likeness (QED) is 0.514. The van der Waals surface area contributed by atoms with Crippen LogP contribution in [0.4, 0.5) is 0 Å². The van der Waals surface area contributed by atoms with Crippen molar-refractivity contribution in [2.45, 2.75) is 13.3 Å². The molecule has 4 aromatic rings. The summed E-state index contributed by atoms with van der Waals surface area (Å²) in [5.41, 5.74) is 1.58. The summed E-state index contributed by atoms with van der Waals surface area (Å²) in [6.45, 7) is 2.76. The number of ether oxygens (including phenoxy) is 1. The van der Waals surface area contributed by atoms with E-state index in [0.717, 1.165) is 23.3 Å². The van der Waals surface area contributed by atoms with Crippen LogP contribution in [0.25, 0.3) is 22.4 Å². The first-order chi connectivity index (χ1) is 13.1. The normalized spacial score (nSPS) is 12.0. The van der Waals surface area contributed by atoms with Gasteiger partial charge < -0.3 is 4.74 Å². The summed E-state index contributed by atoms with van der Waals surface area (Å²) < 4.78 is 7.52. The molecule has 0 unspecified atom stereocenters. The molecular weight excluding hydrogens is 382 g/mol. The van der Waals surface area contributed by atoms with Gasteiger partial charge in [-0.15, -0.1) is 5.10 Å². The highest BCUT2D eigenvalue weighted by atomic mass is 35.5. The highest BCUT2D eigenvalue weighted by molar-refractivity contribution is 7.15. The lowest BCUT2D eigenvalue weighted by Gasteiger charge is -2.03. The van der Waals surface area contributed by atoms with Crippen molar-refractivity contribution in [3.05, 3.63) is 74.0 Å². The van der Waals surface area contributed by atoms with Crippen LogP contribution in [0.15, 0.2) is 53.3 Å². The van der Waals surface area contributed by atoms with Crippen molar-refractivity contribution in [3.63, 3.8) is 0 Å². The molecule has 0 aliphatic heterocycles. The molecule has 4 rings (SSSR count). The maximum Gasteiger partial charge on any atom is 0.291 e. The molecule has 0 spiro atoms. The molecule has 0 N–H and O–H groups in total. The number of halogens is 1. The van der Waals surface area contributed by atoms with Gasteiger partial charge in [0.2, 0.25) is 4.96 Å². The average molecular weight is 398 g/mol. The van der Waals surface area contributed by atoms with Crippen molar-refractivity contribution in [3.8, 4) is 17.1 Å². The minimum absolute atomic E-state index is 0.172. The van der Waals surface area contributed by atoms with Gasteiger partial charge in [0.1, 0.15) is 5.75 Å². The van der Waals surface area contributed by atoms with E-state index in [0.29, 0.717) is 26.9 Å². The second-order valence-corrected chi connectivity index (χ2v) is 7.42. The van der Waals surface area contributed by atoms with Crippen molar-refractivity contribution < 1.29 is 4.74 Å². The molecule has 0 radical (unpaired) electrons. The van der Waals surface area contributed by atoms with E-state index in [1.54, 1.807) is 12.1 Å². The van der Waals surface area contributed by atoms with E-state index in [9.17, 15) is 4.79 Å². The zero-order chi connectivity index (χ0) is 18.8. The van der Waals surface area contributed by atoms with E-state index in [1.165, 1.54) is 15.9 Å². The van der Waals surface area contributed by atoms with Gasteiger partial charge in [0.15, 0.2) is 5.82 Å². The first-order valence-corrected chi connectivity index (χ1v) is 9.73. The Morgan fingerprint density at radius 1 is 1.15 bits per heavy atom. The van der Waals surface area contributed by atoms with E-state index in [4.69, 9.17) is 16.3 Å². The Morgan fingerprint density at radius 2 is 1.89 bits per heavy atom. The predicted molar refractivity (Wildman–Crippen MR) is 109 cm³/mol. The van der Waals surface area contributed by atoms with Crippen LogP contribution in [-0.4, -0.2) is 21.2 Å². The number of hydrogen-bond acceptors (Lipinski definition) is 5. The molecule has 27 heavy (non-hydrogen) atoms. The van der Waals surface area contributed by atoms with Gasteiger partial charge in [0, 0.05) is 10.6 Å². The fraction of sp³-hybridized carbons (Fsp3) is 0.150. The Balaban J connectivity index is 1.66. The van der Waals surface area contributed by atoms with Crippen LogP contribution in [0.5, 0.6) is 5.75 Å². The van der Waals surface area contributed by atoms with Crippen LogP contribution in [0, 0.1) is 0 Å². The van der Waals surface area contributed by atoms with Crippen molar-refractivity contribution >= 4 is 34.0 Å². The molecular formula is C20H16ClN3O2S. The minimum atomic E-state index is -0.172. The largest absolute Gasteiger partial charge is 0.494 e.